The van der Waals surface area contributed by atoms with Gasteiger partial charge in [0.15, 0.2) is 0 Å². The highest BCUT2D eigenvalue weighted by molar-refractivity contribution is 6.09. The maximum Gasteiger partial charge on any atom is 0.259 e. The first kappa shape index (κ1) is 10.3. The van der Waals surface area contributed by atoms with Gasteiger partial charge in [0, 0.05) is 22.9 Å². The van der Waals surface area contributed by atoms with Crippen LogP contribution in [0.15, 0.2) is 43.0 Å². The summed E-state index contributed by atoms with van der Waals surface area (Å²) in [4.78, 5) is 14.2. The smallest absolute Gasteiger partial charge is 0.259 e. The molecule has 1 aliphatic carbocycles. The minimum absolute atomic E-state index is 0.117. The average Bonchev–Trinajstić information content (AvgIpc) is 2.64. The monoisotopic (exact) mass is 225 g/mol. The fraction of sp³-hybridized carbons (Fsp3) is 0.267. The van der Waals surface area contributed by atoms with Crippen LogP contribution in [0.25, 0.3) is 5.70 Å². The number of nitrogens with zero attached hydrogens (tertiary/aromatic N) is 1. The summed E-state index contributed by atoms with van der Waals surface area (Å²) in [5.74, 6) is 0.117. The molecule has 86 valence electrons. The lowest BCUT2D eigenvalue weighted by Crippen LogP contribution is -2.35. The van der Waals surface area contributed by atoms with Crippen LogP contribution in [0.1, 0.15) is 35.2 Å². The normalized spacial score (nSPS) is 23.1. The van der Waals surface area contributed by atoms with E-state index in [0.29, 0.717) is 0 Å². The molecule has 0 radical (unpaired) electrons. The first-order chi connectivity index (χ1) is 8.29. The second kappa shape index (κ2) is 3.88. The van der Waals surface area contributed by atoms with E-state index in [1.807, 2.05) is 29.2 Å². The van der Waals surface area contributed by atoms with Gasteiger partial charge in [-0.15, -0.1) is 0 Å². The molecule has 0 spiro atoms. The Balaban J connectivity index is 1.97. The zero-order valence-electron chi connectivity index (χ0n) is 9.73. The molecule has 0 saturated heterocycles. The maximum atomic E-state index is 12.3. The highest BCUT2D eigenvalue weighted by Crippen LogP contribution is 2.35. The molecule has 1 atom stereocenters. The lowest BCUT2D eigenvalue weighted by Gasteiger charge is -2.29. The summed E-state index contributed by atoms with van der Waals surface area (Å²) in [6.07, 6.45) is 7.39. The third-order valence-electron chi connectivity index (χ3n) is 3.58. The van der Waals surface area contributed by atoms with Crippen molar-refractivity contribution < 1.29 is 4.79 Å². The Morgan fingerprint density at radius 3 is 2.59 bits per heavy atom. The number of benzene rings is 1. The van der Waals surface area contributed by atoms with Crippen molar-refractivity contribution in [3.63, 3.8) is 0 Å². The van der Waals surface area contributed by atoms with Crippen molar-refractivity contribution in [2.45, 2.75) is 25.3 Å². The number of hydrogen-bond donors (Lipinski definition) is 0. The van der Waals surface area contributed by atoms with E-state index in [1.165, 1.54) is 0 Å². The molecule has 1 amide bonds. The molecule has 2 aliphatic rings. The molecule has 1 heterocycles. The molecular formula is C15H15NO. The van der Waals surface area contributed by atoms with E-state index < -0.39 is 0 Å². The SMILES string of the molecule is C=C1c2ccccc2C(=O)N1C1CC=CCC1. The molecule has 17 heavy (non-hydrogen) atoms. The number of fused-ring (bicyclic) bond motifs is 1. The Hall–Kier alpha value is -1.83. The van der Waals surface area contributed by atoms with E-state index >= 15 is 0 Å². The van der Waals surface area contributed by atoms with E-state index in [9.17, 15) is 4.79 Å². The average molecular weight is 225 g/mol. The number of allylic oxidation sites excluding steroid dienone is 1. The summed E-state index contributed by atoms with van der Waals surface area (Å²) in [6, 6.07) is 8.03. The molecule has 0 saturated carbocycles. The fourth-order valence-corrected chi connectivity index (χ4v) is 2.70. The van der Waals surface area contributed by atoms with Gasteiger partial charge in [0.05, 0.1) is 0 Å². The Kier molecular flexibility index (Phi) is 2.36. The van der Waals surface area contributed by atoms with Gasteiger partial charge < -0.3 is 4.90 Å². The van der Waals surface area contributed by atoms with E-state index in [4.69, 9.17) is 0 Å². The molecule has 1 unspecified atom stereocenters. The highest BCUT2D eigenvalue weighted by atomic mass is 16.2. The topological polar surface area (TPSA) is 20.3 Å². The highest BCUT2D eigenvalue weighted by Gasteiger charge is 2.35. The molecular weight excluding hydrogens is 210 g/mol. The molecule has 3 rings (SSSR count). The molecule has 1 aromatic rings. The predicted octanol–water partition coefficient (Wildman–Crippen LogP) is 3.22. The van der Waals surface area contributed by atoms with Crippen LogP contribution in [0.3, 0.4) is 0 Å². The summed E-state index contributed by atoms with van der Waals surface area (Å²) >= 11 is 0. The Morgan fingerprint density at radius 1 is 1.18 bits per heavy atom. The standard InChI is InChI=1S/C15H15NO/c1-11-13-9-5-6-10-14(13)15(17)16(11)12-7-3-2-4-8-12/h2-3,5-6,9-10,12H,1,4,7-8H2. The van der Waals surface area contributed by atoms with Gasteiger partial charge in [0.2, 0.25) is 0 Å². The van der Waals surface area contributed by atoms with Crippen molar-refractivity contribution in [2.24, 2.45) is 0 Å². The summed E-state index contributed by atoms with van der Waals surface area (Å²) in [5, 5.41) is 0. The first-order valence-electron chi connectivity index (χ1n) is 6.06. The molecule has 0 N–H and O–H groups in total. The van der Waals surface area contributed by atoms with E-state index in [1.54, 1.807) is 0 Å². The maximum absolute atomic E-state index is 12.3. The Morgan fingerprint density at radius 2 is 1.94 bits per heavy atom. The van der Waals surface area contributed by atoms with E-state index in [2.05, 4.69) is 18.7 Å². The fourth-order valence-electron chi connectivity index (χ4n) is 2.70. The van der Waals surface area contributed by atoms with Crippen molar-refractivity contribution in [3.8, 4) is 0 Å². The number of carbonyl (C=O) groups is 1. The van der Waals surface area contributed by atoms with Crippen molar-refractivity contribution in [1.82, 2.24) is 4.90 Å². The van der Waals surface area contributed by atoms with Crippen LogP contribution in [0, 0.1) is 0 Å². The first-order valence-corrected chi connectivity index (χ1v) is 6.06. The molecule has 0 aromatic heterocycles. The van der Waals surface area contributed by atoms with Crippen LogP contribution >= 0.6 is 0 Å². The van der Waals surface area contributed by atoms with Crippen molar-refractivity contribution in [3.05, 3.63) is 54.1 Å². The van der Waals surface area contributed by atoms with Crippen molar-refractivity contribution in [1.29, 1.82) is 0 Å². The lowest BCUT2D eigenvalue weighted by atomic mass is 10.0. The number of rotatable bonds is 1. The van der Waals surface area contributed by atoms with Crippen LogP contribution < -0.4 is 0 Å². The summed E-state index contributed by atoms with van der Waals surface area (Å²) in [7, 11) is 0. The quantitative estimate of drug-likeness (QED) is 0.672. The predicted molar refractivity (Wildman–Crippen MR) is 68.4 cm³/mol. The minimum Gasteiger partial charge on any atom is -0.305 e. The Bertz CT molecular complexity index is 480. The number of amides is 1. The van der Waals surface area contributed by atoms with Gasteiger partial charge in [-0.1, -0.05) is 36.9 Å². The van der Waals surface area contributed by atoms with Crippen molar-refractivity contribution in [2.75, 3.05) is 0 Å². The van der Waals surface area contributed by atoms with Gasteiger partial charge in [0.1, 0.15) is 0 Å². The van der Waals surface area contributed by atoms with Crippen LogP contribution in [-0.2, 0) is 0 Å². The number of carbonyl (C=O) groups excluding carboxylic acids is 1. The van der Waals surface area contributed by atoms with E-state index in [-0.39, 0.29) is 11.9 Å². The third-order valence-corrected chi connectivity index (χ3v) is 3.58. The largest absolute Gasteiger partial charge is 0.305 e. The molecule has 0 bridgehead atoms. The lowest BCUT2D eigenvalue weighted by molar-refractivity contribution is 0.0798. The van der Waals surface area contributed by atoms with Gasteiger partial charge in [-0.3, -0.25) is 4.79 Å². The summed E-state index contributed by atoms with van der Waals surface area (Å²) < 4.78 is 0. The number of hydrogen-bond acceptors (Lipinski definition) is 1. The van der Waals surface area contributed by atoms with Crippen LogP contribution in [0.4, 0.5) is 0 Å². The van der Waals surface area contributed by atoms with Gasteiger partial charge in [0.25, 0.3) is 5.91 Å². The second-order valence-electron chi connectivity index (χ2n) is 4.61. The summed E-state index contributed by atoms with van der Waals surface area (Å²) in [6.45, 7) is 4.08. The zero-order chi connectivity index (χ0) is 11.8. The van der Waals surface area contributed by atoms with Crippen LogP contribution in [0.5, 0.6) is 0 Å². The van der Waals surface area contributed by atoms with E-state index in [0.717, 1.165) is 36.1 Å². The zero-order valence-corrected chi connectivity index (χ0v) is 9.73. The third kappa shape index (κ3) is 1.52. The molecule has 2 heteroatoms. The molecule has 1 aliphatic heterocycles. The minimum atomic E-state index is 0.117. The summed E-state index contributed by atoms with van der Waals surface area (Å²) in [5.41, 5.74) is 2.66. The molecule has 0 fully saturated rings. The Labute approximate surface area is 101 Å². The molecule has 2 nitrogen and oxygen atoms in total. The van der Waals surface area contributed by atoms with Crippen molar-refractivity contribution >= 4 is 11.6 Å². The van der Waals surface area contributed by atoms with Crippen LogP contribution in [-0.4, -0.2) is 16.8 Å². The van der Waals surface area contributed by atoms with Gasteiger partial charge in [-0.05, 0) is 25.3 Å². The second-order valence-corrected chi connectivity index (χ2v) is 4.61. The van der Waals surface area contributed by atoms with Gasteiger partial charge in [-0.25, -0.2) is 0 Å². The molecule has 1 aromatic carbocycles. The van der Waals surface area contributed by atoms with Gasteiger partial charge >= 0.3 is 0 Å². The van der Waals surface area contributed by atoms with Gasteiger partial charge in [-0.2, -0.15) is 0 Å². The van der Waals surface area contributed by atoms with Crippen LogP contribution in [0.2, 0.25) is 0 Å².